The Morgan fingerprint density at radius 1 is 1.13 bits per heavy atom. The van der Waals surface area contributed by atoms with Crippen LogP contribution >= 0.6 is 0 Å². The molecule has 0 unspecified atom stereocenters. The summed E-state index contributed by atoms with van der Waals surface area (Å²) in [7, 11) is 1.81. The molecule has 2 N–H and O–H groups in total. The van der Waals surface area contributed by atoms with Crippen molar-refractivity contribution in [2.45, 2.75) is 37.3 Å². The van der Waals surface area contributed by atoms with Gasteiger partial charge in [-0.15, -0.1) is 0 Å². The number of nitriles is 1. The van der Waals surface area contributed by atoms with Gasteiger partial charge in [0.1, 0.15) is 5.82 Å². The summed E-state index contributed by atoms with van der Waals surface area (Å²) in [6.45, 7) is 5.75. The highest BCUT2D eigenvalue weighted by molar-refractivity contribution is 6.07. The Kier molecular flexibility index (Phi) is 8.04. The fourth-order valence-corrected chi connectivity index (χ4v) is 5.85. The number of rotatable bonds is 8. The van der Waals surface area contributed by atoms with E-state index >= 15 is 0 Å². The first-order chi connectivity index (χ1) is 18.4. The number of likely N-dealkylation sites (tertiary alicyclic amines) is 2. The Morgan fingerprint density at radius 2 is 1.84 bits per heavy atom. The number of fused-ring (bicyclic) bond motifs is 1. The van der Waals surface area contributed by atoms with E-state index in [-0.39, 0.29) is 17.6 Å². The SMILES string of the molecule is CN(C[C@@H](CCN1CC(N2CCC(N)CC2)C1)c1ccc(F)cc1)C(=O)c1cc(C#N)cc2ccccc12. The van der Waals surface area contributed by atoms with Crippen LogP contribution in [-0.2, 0) is 0 Å². The second kappa shape index (κ2) is 11.6. The maximum atomic E-state index is 13.7. The summed E-state index contributed by atoms with van der Waals surface area (Å²) in [4.78, 5) is 20.4. The molecule has 5 rings (SSSR count). The zero-order chi connectivity index (χ0) is 26.6. The molecule has 0 aromatic heterocycles. The number of amides is 1. The van der Waals surface area contributed by atoms with Gasteiger partial charge >= 0.3 is 0 Å². The Balaban J connectivity index is 1.26. The summed E-state index contributed by atoms with van der Waals surface area (Å²) in [5, 5.41) is 11.2. The molecule has 0 bridgehead atoms. The molecule has 3 aromatic carbocycles. The second-order valence-corrected chi connectivity index (χ2v) is 10.9. The normalized spacial score (nSPS) is 18.2. The topological polar surface area (TPSA) is 76.6 Å². The first-order valence-corrected chi connectivity index (χ1v) is 13.6. The van der Waals surface area contributed by atoms with Crippen LogP contribution in [0.4, 0.5) is 4.39 Å². The van der Waals surface area contributed by atoms with E-state index in [1.165, 1.54) is 12.1 Å². The first kappa shape index (κ1) is 26.3. The van der Waals surface area contributed by atoms with E-state index in [1.54, 1.807) is 11.0 Å². The van der Waals surface area contributed by atoms with Gasteiger partial charge in [0.2, 0.25) is 0 Å². The van der Waals surface area contributed by atoms with Gasteiger partial charge < -0.3 is 15.5 Å². The molecule has 1 atom stereocenters. The van der Waals surface area contributed by atoms with E-state index in [0.717, 1.165) is 68.3 Å². The lowest BCUT2D eigenvalue weighted by atomic mass is 9.93. The third kappa shape index (κ3) is 5.88. The summed E-state index contributed by atoms with van der Waals surface area (Å²) in [6, 6.07) is 20.9. The zero-order valence-corrected chi connectivity index (χ0v) is 22.0. The monoisotopic (exact) mass is 513 g/mol. The van der Waals surface area contributed by atoms with E-state index in [2.05, 4.69) is 15.9 Å². The molecule has 0 aliphatic carbocycles. The largest absolute Gasteiger partial charge is 0.341 e. The number of nitrogens with two attached hydrogens (primary N) is 1. The van der Waals surface area contributed by atoms with Crippen molar-refractivity contribution in [2.24, 2.45) is 5.73 Å². The molecule has 38 heavy (non-hydrogen) atoms. The molecular formula is C31H36FN5O. The number of nitrogens with zero attached hydrogens (tertiary/aromatic N) is 4. The molecular weight excluding hydrogens is 477 g/mol. The van der Waals surface area contributed by atoms with E-state index in [1.807, 2.05) is 49.5 Å². The fourth-order valence-electron chi connectivity index (χ4n) is 5.85. The van der Waals surface area contributed by atoms with Crippen molar-refractivity contribution < 1.29 is 9.18 Å². The average Bonchev–Trinajstić information content (AvgIpc) is 2.91. The van der Waals surface area contributed by atoms with Crippen molar-refractivity contribution >= 4 is 16.7 Å². The summed E-state index contributed by atoms with van der Waals surface area (Å²) >= 11 is 0. The Morgan fingerprint density at radius 3 is 2.55 bits per heavy atom. The predicted molar refractivity (Wildman–Crippen MR) is 148 cm³/mol. The summed E-state index contributed by atoms with van der Waals surface area (Å²) in [5.74, 6) is -0.303. The lowest BCUT2D eigenvalue weighted by Gasteiger charge is -2.47. The van der Waals surface area contributed by atoms with Gasteiger partial charge in [-0.05, 0) is 66.4 Å². The molecule has 1 amide bonds. The van der Waals surface area contributed by atoms with Gasteiger partial charge in [-0.2, -0.15) is 5.26 Å². The van der Waals surface area contributed by atoms with Gasteiger partial charge in [0.25, 0.3) is 5.91 Å². The average molecular weight is 514 g/mol. The molecule has 2 fully saturated rings. The number of hydrogen-bond donors (Lipinski definition) is 1. The van der Waals surface area contributed by atoms with Crippen molar-refractivity contribution in [3.8, 4) is 6.07 Å². The standard InChI is InChI=1S/C31H36FN5O/c1-35(31(38)30-17-22(18-33)16-24-4-2-3-5-29(24)30)19-25(23-6-8-26(32)9-7-23)10-13-36-20-28(21-36)37-14-11-27(34)12-15-37/h2-9,16-17,25,27-28H,10-15,19-21,34H2,1H3/t25-/m1/s1. The van der Waals surface area contributed by atoms with Crippen LogP contribution in [0.3, 0.4) is 0 Å². The number of carbonyl (C=O) groups is 1. The molecule has 198 valence electrons. The molecule has 2 heterocycles. The quantitative estimate of drug-likeness (QED) is 0.489. The maximum absolute atomic E-state index is 13.7. The zero-order valence-electron chi connectivity index (χ0n) is 22.0. The lowest BCUT2D eigenvalue weighted by Crippen LogP contribution is -2.61. The minimum atomic E-state index is -0.261. The molecule has 0 saturated carbocycles. The van der Waals surface area contributed by atoms with Crippen molar-refractivity contribution in [3.05, 3.63) is 83.2 Å². The van der Waals surface area contributed by atoms with E-state index in [0.29, 0.717) is 29.8 Å². The third-order valence-corrected chi connectivity index (χ3v) is 8.23. The summed E-state index contributed by atoms with van der Waals surface area (Å²) < 4.78 is 13.7. The third-order valence-electron chi connectivity index (χ3n) is 8.23. The van der Waals surface area contributed by atoms with Crippen LogP contribution in [-0.4, -0.2) is 79.0 Å². The number of hydrogen-bond acceptors (Lipinski definition) is 5. The van der Waals surface area contributed by atoms with Crippen molar-refractivity contribution in [2.75, 3.05) is 46.3 Å². The molecule has 3 aromatic rings. The predicted octanol–water partition coefficient (Wildman–Crippen LogP) is 4.20. The second-order valence-electron chi connectivity index (χ2n) is 10.9. The van der Waals surface area contributed by atoms with Crippen LogP contribution in [0.15, 0.2) is 60.7 Å². The number of carbonyl (C=O) groups excluding carboxylic acids is 1. The van der Waals surface area contributed by atoms with Crippen LogP contribution in [0.5, 0.6) is 0 Å². The van der Waals surface area contributed by atoms with E-state index in [9.17, 15) is 14.4 Å². The number of piperidine rings is 1. The maximum Gasteiger partial charge on any atom is 0.254 e. The minimum absolute atomic E-state index is 0.0713. The van der Waals surface area contributed by atoms with Gasteiger partial charge in [-0.25, -0.2) is 4.39 Å². The van der Waals surface area contributed by atoms with Crippen LogP contribution in [0.2, 0.25) is 0 Å². The van der Waals surface area contributed by atoms with Crippen molar-refractivity contribution in [1.29, 1.82) is 5.26 Å². The van der Waals surface area contributed by atoms with Gasteiger partial charge in [0.15, 0.2) is 0 Å². The number of benzene rings is 3. The van der Waals surface area contributed by atoms with Crippen LogP contribution in [0, 0.1) is 17.1 Å². The highest BCUT2D eigenvalue weighted by Gasteiger charge is 2.33. The smallest absolute Gasteiger partial charge is 0.254 e. The Bertz CT molecular complexity index is 1310. The van der Waals surface area contributed by atoms with Gasteiger partial charge in [-0.3, -0.25) is 9.69 Å². The Hall–Kier alpha value is -3.31. The number of halogens is 1. The molecule has 6 nitrogen and oxygen atoms in total. The van der Waals surface area contributed by atoms with E-state index in [4.69, 9.17) is 5.73 Å². The Labute approximate surface area is 224 Å². The van der Waals surface area contributed by atoms with Gasteiger partial charge in [0.05, 0.1) is 11.6 Å². The van der Waals surface area contributed by atoms with Crippen LogP contribution in [0.25, 0.3) is 10.8 Å². The molecule has 2 aliphatic heterocycles. The van der Waals surface area contributed by atoms with Gasteiger partial charge in [-0.1, -0.05) is 36.4 Å². The van der Waals surface area contributed by atoms with Gasteiger partial charge in [0, 0.05) is 63.3 Å². The van der Waals surface area contributed by atoms with E-state index < -0.39 is 0 Å². The lowest BCUT2D eigenvalue weighted by molar-refractivity contribution is 0.0188. The van der Waals surface area contributed by atoms with Crippen LogP contribution in [0.1, 0.15) is 46.7 Å². The summed E-state index contributed by atoms with van der Waals surface area (Å²) in [6.07, 6.45) is 3.03. The van der Waals surface area contributed by atoms with Crippen LogP contribution < -0.4 is 5.73 Å². The molecule has 0 radical (unpaired) electrons. The molecule has 2 aliphatic rings. The molecule has 2 saturated heterocycles. The summed E-state index contributed by atoms with van der Waals surface area (Å²) in [5.41, 5.74) is 8.10. The van der Waals surface area contributed by atoms with Crippen molar-refractivity contribution in [3.63, 3.8) is 0 Å². The molecule has 7 heteroatoms. The fraction of sp³-hybridized carbons (Fsp3) is 0.419. The molecule has 0 spiro atoms. The highest BCUT2D eigenvalue weighted by Crippen LogP contribution is 2.27. The minimum Gasteiger partial charge on any atom is -0.341 e. The number of likely N-dealkylation sites (N-methyl/N-ethyl adjacent to an activating group) is 1. The van der Waals surface area contributed by atoms with Crippen molar-refractivity contribution in [1.82, 2.24) is 14.7 Å². The first-order valence-electron chi connectivity index (χ1n) is 13.6. The highest BCUT2D eigenvalue weighted by atomic mass is 19.1.